The van der Waals surface area contributed by atoms with E-state index in [0.717, 1.165) is 25.3 Å². The molecule has 1 aromatic heterocycles. The lowest BCUT2D eigenvalue weighted by Crippen LogP contribution is -2.12. The highest BCUT2D eigenvalue weighted by Gasteiger charge is 2.04. The highest BCUT2D eigenvalue weighted by atomic mass is 16.5. The van der Waals surface area contributed by atoms with E-state index >= 15 is 0 Å². The average molecular weight is 208 g/mol. The van der Waals surface area contributed by atoms with Crippen LogP contribution < -0.4 is 10.1 Å². The van der Waals surface area contributed by atoms with Crippen LogP contribution in [0.15, 0.2) is 18.3 Å². The zero-order chi connectivity index (χ0) is 11.1. The van der Waals surface area contributed by atoms with Gasteiger partial charge in [0.25, 0.3) is 0 Å². The van der Waals surface area contributed by atoms with Gasteiger partial charge >= 0.3 is 0 Å². The van der Waals surface area contributed by atoms with Gasteiger partial charge in [0.15, 0.2) is 0 Å². The fraction of sp³-hybridized carbons (Fsp3) is 0.583. The van der Waals surface area contributed by atoms with E-state index in [9.17, 15) is 0 Å². The molecule has 1 aromatic rings. The van der Waals surface area contributed by atoms with Crippen molar-refractivity contribution < 1.29 is 4.74 Å². The summed E-state index contributed by atoms with van der Waals surface area (Å²) in [7, 11) is 1.93. The SMILES string of the molecule is CCCC(C)Oc1cc(CNC)ccn1. The Morgan fingerprint density at radius 1 is 1.53 bits per heavy atom. The molecule has 1 unspecified atom stereocenters. The maximum atomic E-state index is 5.70. The van der Waals surface area contributed by atoms with E-state index < -0.39 is 0 Å². The summed E-state index contributed by atoms with van der Waals surface area (Å²) in [6.45, 7) is 5.08. The molecule has 84 valence electrons. The second-order valence-corrected chi connectivity index (χ2v) is 3.75. The Balaban J connectivity index is 2.56. The fourth-order valence-electron chi connectivity index (χ4n) is 1.50. The average Bonchev–Trinajstić information content (AvgIpc) is 2.19. The van der Waals surface area contributed by atoms with E-state index in [2.05, 4.69) is 24.1 Å². The standard InChI is InChI=1S/C12H20N2O/c1-4-5-10(2)15-12-8-11(9-13-3)6-7-14-12/h6-8,10,13H,4-5,9H2,1-3H3. The van der Waals surface area contributed by atoms with Crippen LogP contribution in [-0.4, -0.2) is 18.1 Å². The van der Waals surface area contributed by atoms with E-state index in [1.54, 1.807) is 6.20 Å². The first-order valence-corrected chi connectivity index (χ1v) is 5.52. The van der Waals surface area contributed by atoms with Gasteiger partial charge in [-0.2, -0.15) is 0 Å². The molecule has 1 heterocycles. The lowest BCUT2D eigenvalue weighted by atomic mass is 10.2. The number of ether oxygens (including phenoxy) is 1. The van der Waals surface area contributed by atoms with Crippen molar-refractivity contribution in [2.75, 3.05) is 7.05 Å². The fourth-order valence-corrected chi connectivity index (χ4v) is 1.50. The summed E-state index contributed by atoms with van der Waals surface area (Å²) in [6.07, 6.45) is 4.24. The van der Waals surface area contributed by atoms with Crippen molar-refractivity contribution in [2.45, 2.75) is 39.3 Å². The first kappa shape index (κ1) is 12.0. The van der Waals surface area contributed by atoms with Crippen LogP contribution in [0.25, 0.3) is 0 Å². The molecular formula is C12H20N2O. The maximum Gasteiger partial charge on any atom is 0.213 e. The third kappa shape index (κ3) is 4.30. The summed E-state index contributed by atoms with van der Waals surface area (Å²) in [5.74, 6) is 0.726. The number of nitrogens with zero attached hydrogens (tertiary/aromatic N) is 1. The Kier molecular flexibility index (Phi) is 5.12. The van der Waals surface area contributed by atoms with E-state index in [1.165, 1.54) is 5.56 Å². The van der Waals surface area contributed by atoms with E-state index in [-0.39, 0.29) is 6.10 Å². The van der Waals surface area contributed by atoms with Crippen LogP contribution in [-0.2, 0) is 6.54 Å². The summed E-state index contributed by atoms with van der Waals surface area (Å²) in [6, 6.07) is 3.98. The van der Waals surface area contributed by atoms with Crippen LogP contribution in [0.4, 0.5) is 0 Å². The smallest absolute Gasteiger partial charge is 0.213 e. The topological polar surface area (TPSA) is 34.1 Å². The lowest BCUT2D eigenvalue weighted by molar-refractivity contribution is 0.201. The van der Waals surface area contributed by atoms with Crippen molar-refractivity contribution >= 4 is 0 Å². The van der Waals surface area contributed by atoms with Crippen LogP contribution in [0.1, 0.15) is 32.3 Å². The molecule has 1 rings (SSSR count). The largest absolute Gasteiger partial charge is 0.475 e. The summed E-state index contributed by atoms with van der Waals surface area (Å²) >= 11 is 0. The molecular weight excluding hydrogens is 188 g/mol. The third-order valence-electron chi connectivity index (χ3n) is 2.20. The number of hydrogen-bond donors (Lipinski definition) is 1. The molecule has 0 fully saturated rings. The molecule has 1 atom stereocenters. The Morgan fingerprint density at radius 3 is 3.00 bits per heavy atom. The van der Waals surface area contributed by atoms with E-state index in [0.29, 0.717) is 0 Å². The second-order valence-electron chi connectivity index (χ2n) is 3.75. The van der Waals surface area contributed by atoms with Crippen molar-refractivity contribution in [2.24, 2.45) is 0 Å². The number of rotatable bonds is 6. The second kappa shape index (κ2) is 6.40. The van der Waals surface area contributed by atoms with Gasteiger partial charge in [-0.05, 0) is 32.0 Å². The van der Waals surface area contributed by atoms with Gasteiger partial charge in [0.1, 0.15) is 0 Å². The predicted molar refractivity (Wildman–Crippen MR) is 62.0 cm³/mol. The van der Waals surface area contributed by atoms with Gasteiger partial charge in [0, 0.05) is 18.8 Å². The number of pyridine rings is 1. The summed E-state index contributed by atoms with van der Waals surface area (Å²) in [5, 5.41) is 3.11. The lowest BCUT2D eigenvalue weighted by Gasteiger charge is -2.13. The van der Waals surface area contributed by atoms with Crippen molar-refractivity contribution in [1.29, 1.82) is 0 Å². The highest BCUT2D eigenvalue weighted by molar-refractivity contribution is 5.20. The molecule has 0 aliphatic rings. The number of hydrogen-bond acceptors (Lipinski definition) is 3. The Labute approximate surface area is 91.9 Å². The van der Waals surface area contributed by atoms with E-state index in [1.807, 2.05) is 19.2 Å². The molecule has 0 aliphatic carbocycles. The summed E-state index contributed by atoms with van der Waals surface area (Å²) < 4.78 is 5.70. The van der Waals surface area contributed by atoms with Gasteiger partial charge in [-0.25, -0.2) is 4.98 Å². The number of nitrogens with one attached hydrogen (secondary N) is 1. The first-order chi connectivity index (χ1) is 7.26. The van der Waals surface area contributed by atoms with Crippen molar-refractivity contribution in [1.82, 2.24) is 10.3 Å². The Bertz CT molecular complexity index is 289. The quantitative estimate of drug-likeness (QED) is 0.779. The maximum absolute atomic E-state index is 5.70. The molecule has 0 saturated heterocycles. The van der Waals surface area contributed by atoms with Crippen LogP contribution in [0.2, 0.25) is 0 Å². The third-order valence-corrected chi connectivity index (χ3v) is 2.20. The molecule has 0 saturated carbocycles. The molecule has 0 radical (unpaired) electrons. The molecule has 3 nitrogen and oxygen atoms in total. The molecule has 0 aromatic carbocycles. The van der Waals surface area contributed by atoms with Gasteiger partial charge in [0.2, 0.25) is 5.88 Å². The molecule has 0 amide bonds. The molecule has 0 bridgehead atoms. The van der Waals surface area contributed by atoms with Crippen molar-refractivity contribution in [3.8, 4) is 5.88 Å². The molecule has 15 heavy (non-hydrogen) atoms. The normalized spacial score (nSPS) is 12.5. The summed E-state index contributed by atoms with van der Waals surface area (Å²) in [4.78, 5) is 4.19. The zero-order valence-electron chi connectivity index (χ0n) is 9.79. The van der Waals surface area contributed by atoms with Crippen LogP contribution in [0.5, 0.6) is 5.88 Å². The zero-order valence-corrected chi connectivity index (χ0v) is 9.79. The predicted octanol–water partition coefficient (Wildman–Crippen LogP) is 2.37. The minimum atomic E-state index is 0.243. The van der Waals surface area contributed by atoms with Crippen LogP contribution >= 0.6 is 0 Å². The van der Waals surface area contributed by atoms with Gasteiger partial charge in [-0.15, -0.1) is 0 Å². The number of aromatic nitrogens is 1. The molecule has 0 spiro atoms. The van der Waals surface area contributed by atoms with Gasteiger partial charge in [-0.1, -0.05) is 13.3 Å². The van der Waals surface area contributed by atoms with Crippen LogP contribution in [0, 0.1) is 0 Å². The molecule has 3 heteroatoms. The molecule has 0 aliphatic heterocycles. The van der Waals surface area contributed by atoms with E-state index in [4.69, 9.17) is 4.74 Å². The van der Waals surface area contributed by atoms with Crippen molar-refractivity contribution in [3.63, 3.8) is 0 Å². The van der Waals surface area contributed by atoms with Gasteiger partial charge in [-0.3, -0.25) is 0 Å². The summed E-state index contributed by atoms with van der Waals surface area (Å²) in [5.41, 5.74) is 1.20. The first-order valence-electron chi connectivity index (χ1n) is 5.52. The van der Waals surface area contributed by atoms with Crippen LogP contribution in [0.3, 0.4) is 0 Å². The Hall–Kier alpha value is -1.09. The minimum Gasteiger partial charge on any atom is -0.475 e. The Morgan fingerprint density at radius 2 is 2.33 bits per heavy atom. The van der Waals surface area contributed by atoms with Gasteiger partial charge < -0.3 is 10.1 Å². The minimum absolute atomic E-state index is 0.243. The highest BCUT2D eigenvalue weighted by Crippen LogP contribution is 2.12. The molecule has 1 N–H and O–H groups in total. The van der Waals surface area contributed by atoms with Gasteiger partial charge in [0.05, 0.1) is 6.10 Å². The monoisotopic (exact) mass is 208 g/mol. The van der Waals surface area contributed by atoms with Crippen molar-refractivity contribution in [3.05, 3.63) is 23.9 Å².